The zero-order valence-electron chi connectivity index (χ0n) is 12.0. The van der Waals surface area contributed by atoms with E-state index < -0.39 is 0 Å². The molecule has 108 valence electrons. The molecule has 0 radical (unpaired) electrons. The third-order valence-corrected chi connectivity index (χ3v) is 3.60. The van der Waals surface area contributed by atoms with Crippen molar-refractivity contribution in [3.8, 4) is 0 Å². The minimum atomic E-state index is -0.142. The van der Waals surface area contributed by atoms with E-state index in [2.05, 4.69) is 5.32 Å². The first-order valence-electron chi connectivity index (χ1n) is 7.30. The third kappa shape index (κ3) is 4.08. The van der Waals surface area contributed by atoms with Crippen LogP contribution in [0.25, 0.3) is 0 Å². The van der Waals surface area contributed by atoms with Crippen LogP contribution in [-0.2, 0) is 4.79 Å². The molecule has 1 heterocycles. The Kier molecular flexibility index (Phi) is 5.16. The van der Waals surface area contributed by atoms with Gasteiger partial charge >= 0.3 is 0 Å². The van der Waals surface area contributed by atoms with E-state index in [1.54, 1.807) is 12.1 Å². The Balaban J connectivity index is 1.81. The molecule has 4 heteroatoms. The molecule has 2 rings (SSSR count). The Hall–Kier alpha value is -1.84. The number of nitrogens with zero attached hydrogens (tertiary/aromatic N) is 1. The summed E-state index contributed by atoms with van der Waals surface area (Å²) in [5, 5.41) is 2.88. The second kappa shape index (κ2) is 7.08. The molecule has 1 fully saturated rings. The Morgan fingerprint density at radius 1 is 1.15 bits per heavy atom. The van der Waals surface area contributed by atoms with Crippen molar-refractivity contribution in [3.63, 3.8) is 0 Å². The SMILES string of the molecule is CC(CC(=O)N1CCCCC1)NC(=O)c1ccccc1. The van der Waals surface area contributed by atoms with Gasteiger partial charge in [0, 0.05) is 31.1 Å². The zero-order valence-corrected chi connectivity index (χ0v) is 12.0. The van der Waals surface area contributed by atoms with Gasteiger partial charge in [-0.25, -0.2) is 0 Å². The maximum atomic E-state index is 12.1. The van der Waals surface area contributed by atoms with Gasteiger partial charge in [0.05, 0.1) is 0 Å². The molecule has 2 amide bonds. The quantitative estimate of drug-likeness (QED) is 0.915. The number of rotatable bonds is 4. The van der Waals surface area contributed by atoms with Crippen LogP contribution in [0.1, 0.15) is 43.0 Å². The summed E-state index contributed by atoms with van der Waals surface area (Å²) in [5.74, 6) is 0.0232. The standard InChI is InChI=1S/C16H22N2O2/c1-13(12-15(19)18-10-6-3-7-11-18)17-16(20)14-8-4-2-5-9-14/h2,4-5,8-9,13H,3,6-7,10-12H2,1H3,(H,17,20). The first-order valence-corrected chi connectivity index (χ1v) is 7.30. The monoisotopic (exact) mass is 274 g/mol. The van der Waals surface area contributed by atoms with E-state index in [4.69, 9.17) is 0 Å². The second-order valence-corrected chi connectivity index (χ2v) is 5.39. The number of piperidine rings is 1. The lowest BCUT2D eigenvalue weighted by Gasteiger charge is -2.28. The van der Waals surface area contributed by atoms with Crippen LogP contribution >= 0.6 is 0 Å². The lowest BCUT2D eigenvalue weighted by atomic mass is 10.1. The number of carbonyl (C=O) groups is 2. The van der Waals surface area contributed by atoms with Gasteiger partial charge in [-0.15, -0.1) is 0 Å². The topological polar surface area (TPSA) is 49.4 Å². The molecule has 0 spiro atoms. The molecule has 0 aliphatic carbocycles. The van der Waals surface area contributed by atoms with Crippen molar-refractivity contribution in [2.75, 3.05) is 13.1 Å². The smallest absolute Gasteiger partial charge is 0.251 e. The van der Waals surface area contributed by atoms with Crippen molar-refractivity contribution < 1.29 is 9.59 Å². The number of hydrogen-bond donors (Lipinski definition) is 1. The molecule has 20 heavy (non-hydrogen) atoms. The van der Waals surface area contributed by atoms with Crippen LogP contribution in [0.3, 0.4) is 0 Å². The number of likely N-dealkylation sites (tertiary alicyclic amines) is 1. The predicted molar refractivity (Wildman–Crippen MR) is 78.4 cm³/mol. The molecule has 1 atom stereocenters. The van der Waals surface area contributed by atoms with E-state index in [1.165, 1.54) is 6.42 Å². The van der Waals surface area contributed by atoms with Gasteiger partial charge in [0.2, 0.25) is 5.91 Å². The van der Waals surface area contributed by atoms with Crippen LogP contribution in [0.2, 0.25) is 0 Å². The van der Waals surface area contributed by atoms with Crippen molar-refractivity contribution in [1.82, 2.24) is 10.2 Å². The van der Waals surface area contributed by atoms with Gasteiger partial charge in [-0.2, -0.15) is 0 Å². The average Bonchev–Trinajstić information content (AvgIpc) is 2.49. The van der Waals surface area contributed by atoms with Gasteiger partial charge in [-0.05, 0) is 38.3 Å². The van der Waals surface area contributed by atoms with Gasteiger partial charge in [0.15, 0.2) is 0 Å². The Labute approximate surface area is 120 Å². The minimum Gasteiger partial charge on any atom is -0.349 e. The van der Waals surface area contributed by atoms with Crippen LogP contribution < -0.4 is 5.32 Å². The predicted octanol–water partition coefficient (Wildman–Crippen LogP) is 2.21. The summed E-state index contributed by atoms with van der Waals surface area (Å²) >= 11 is 0. The maximum absolute atomic E-state index is 12.1. The van der Waals surface area contributed by atoms with Crippen molar-refractivity contribution in [3.05, 3.63) is 35.9 Å². The molecular weight excluding hydrogens is 252 g/mol. The molecule has 0 saturated carbocycles. The molecular formula is C16H22N2O2. The van der Waals surface area contributed by atoms with E-state index in [-0.39, 0.29) is 17.9 Å². The van der Waals surface area contributed by atoms with Crippen LogP contribution in [-0.4, -0.2) is 35.8 Å². The Morgan fingerprint density at radius 3 is 2.45 bits per heavy atom. The fourth-order valence-corrected chi connectivity index (χ4v) is 2.48. The highest BCUT2D eigenvalue weighted by molar-refractivity contribution is 5.94. The number of nitrogens with one attached hydrogen (secondary N) is 1. The summed E-state index contributed by atoms with van der Waals surface area (Å²) in [4.78, 5) is 26.0. The molecule has 0 aromatic heterocycles. The first-order chi connectivity index (χ1) is 9.66. The highest BCUT2D eigenvalue weighted by Crippen LogP contribution is 2.11. The highest BCUT2D eigenvalue weighted by atomic mass is 16.2. The number of amides is 2. The van der Waals surface area contributed by atoms with E-state index in [0.717, 1.165) is 25.9 Å². The van der Waals surface area contributed by atoms with Crippen molar-refractivity contribution in [1.29, 1.82) is 0 Å². The largest absolute Gasteiger partial charge is 0.349 e. The van der Waals surface area contributed by atoms with Gasteiger partial charge in [0.1, 0.15) is 0 Å². The minimum absolute atomic E-state index is 0.121. The summed E-state index contributed by atoms with van der Waals surface area (Å²) in [7, 11) is 0. The summed E-state index contributed by atoms with van der Waals surface area (Å²) in [6, 6.07) is 8.94. The van der Waals surface area contributed by atoms with Gasteiger partial charge in [-0.3, -0.25) is 9.59 Å². The summed E-state index contributed by atoms with van der Waals surface area (Å²) in [6.07, 6.45) is 3.77. The first kappa shape index (κ1) is 14.6. The number of carbonyl (C=O) groups excluding carboxylic acids is 2. The van der Waals surface area contributed by atoms with Crippen LogP contribution in [0.5, 0.6) is 0 Å². The lowest BCUT2D eigenvalue weighted by Crippen LogP contribution is -2.41. The Morgan fingerprint density at radius 2 is 1.80 bits per heavy atom. The highest BCUT2D eigenvalue weighted by Gasteiger charge is 2.19. The number of hydrogen-bond acceptors (Lipinski definition) is 2. The van der Waals surface area contributed by atoms with E-state index in [9.17, 15) is 9.59 Å². The molecule has 1 N–H and O–H groups in total. The normalized spacial score (nSPS) is 16.6. The van der Waals surface area contributed by atoms with Crippen molar-refractivity contribution >= 4 is 11.8 Å². The van der Waals surface area contributed by atoms with Crippen LogP contribution in [0.4, 0.5) is 0 Å². The fourth-order valence-electron chi connectivity index (χ4n) is 2.48. The maximum Gasteiger partial charge on any atom is 0.251 e. The molecule has 1 aromatic carbocycles. The van der Waals surface area contributed by atoms with Crippen LogP contribution in [0.15, 0.2) is 30.3 Å². The van der Waals surface area contributed by atoms with Crippen molar-refractivity contribution in [2.45, 2.75) is 38.6 Å². The van der Waals surface area contributed by atoms with E-state index >= 15 is 0 Å². The fraction of sp³-hybridized carbons (Fsp3) is 0.500. The third-order valence-electron chi connectivity index (χ3n) is 3.60. The molecule has 1 saturated heterocycles. The van der Waals surface area contributed by atoms with Gasteiger partial charge in [-0.1, -0.05) is 18.2 Å². The molecule has 1 aromatic rings. The Bertz CT molecular complexity index is 453. The molecule has 1 unspecified atom stereocenters. The van der Waals surface area contributed by atoms with Crippen LogP contribution in [0, 0.1) is 0 Å². The summed E-state index contributed by atoms with van der Waals surface area (Å²) < 4.78 is 0. The van der Waals surface area contributed by atoms with E-state index in [1.807, 2.05) is 30.0 Å². The van der Waals surface area contributed by atoms with Gasteiger partial charge < -0.3 is 10.2 Å². The summed E-state index contributed by atoms with van der Waals surface area (Å²) in [6.45, 7) is 3.60. The van der Waals surface area contributed by atoms with E-state index in [0.29, 0.717) is 12.0 Å². The average molecular weight is 274 g/mol. The lowest BCUT2D eigenvalue weighted by molar-refractivity contribution is -0.132. The molecule has 4 nitrogen and oxygen atoms in total. The van der Waals surface area contributed by atoms with Gasteiger partial charge in [0.25, 0.3) is 5.91 Å². The molecule has 1 aliphatic rings. The summed E-state index contributed by atoms with van der Waals surface area (Å²) in [5.41, 5.74) is 0.629. The molecule has 0 bridgehead atoms. The number of benzene rings is 1. The second-order valence-electron chi connectivity index (χ2n) is 5.39. The van der Waals surface area contributed by atoms with Crippen molar-refractivity contribution in [2.24, 2.45) is 0 Å². The zero-order chi connectivity index (χ0) is 14.4. The molecule has 1 aliphatic heterocycles.